The Morgan fingerprint density at radius 1 is 1.27 bits per heavy atom. The largest absolute Gasteiger partial charge is 0.361 e. The van der Waals surface area contributed by atoms with E-state index in [0.717, 1.165) is 16.9 Å². The van der Waals surface area contributed by atoms with Gasteiger partial charge in [-0.25, -0.2) is 4.39 Å². The first-order valence-corrected chi connectivity index (χ1v) is 4.71. The van der Waals surface area contributed by atoms with Gasteiger partial charge < -0.3 is 10.3 Å². The van der Waals surface area contributed by atoms with Crippen molar-refractivity contribution in [1.29, 1.82) is 0 Å². The number of hydrogen-bond acceptors (Lipinski definition) is 3. The van der Waals surface area contributed by atoms with Crippen LogP contribution in [0.25, 0.3) is 11.1 Å². The van der Waals surface area contributed by atoms with Crippen LogP contribution in [-0.4, -0.2) is 11.7 Å². The molecule has 0 aliphatic rings. The quantitative estimate of drug-likeness (QED) is 0.835. The number of hydrogen-bond donors (Lipinski definition) is 1. The van der Waals surface area contributed by atoms with Gasteiger partial charge in [0.1, 0.15) is 11.6 Å². The van der Waals surface area contributed by atoms with Crippen molar-refractivity contribution in [2.24, 2.45) is 5.73 Å². The Bertz CT molecular complexity index is 436. The summed E-state index contributed by atoms with van der Waals surface area (Å²) >= 11 is 0. The van der Waals surface area contributed by atoms with Crippen LogP contribution in [0.1, 0.15) is 5.76 Å². The van der Waals surface area contributed by atoms with Gasteiger partial charge in [0.25, 0.3) is 0 Å². The summed E-state index contributed by atoms with van der Waals surface area (Å²) in [7, 11) is 0. The summed E-state index contributed by atoms with van der Waals surface area (Å²) in [5, 5.41) is 3.72. The highest BCUT2D eigenvalue weighted by Gasteiger charge is 2.09. The molecule has 0 radical (unpaired) electrons. The summed E-state index contributed by atoms with van der Waals surface area (Å²) in [6.45, 7) is 0.503. The lowest BCUT2D eigenvalue weighted by Crippen LogP contribution is -2.02. The van der Waals surface area contributed by atoms with Gasteiger partial charge in [0, 0.05) is 12.0 Å². The topological polar surface area (TPSA) is 52.0 Å². The Morgan fingerprint density at radius 3 is 2.67 bits per heavy atom. The van der Waals surface area contributed by atoms with Crippen LogP contribution in [-0.2, 0) is 6.42 Å². The van der Waals surface area contributed by atoms with Gasteiger partial charge in [-0.1, -0.05) is 17.3 Å². The third-order valence-corrected chi connectivity index (χ3v) is 2.17. The molecule has 0 saturated heterocycles. The van der Waals surface area contributed by atoms with Gasteiger partial charge in [-0.2, -0.15) is 0 Å². The molecule has 4 heteroatoms. The summed E-state index contributed by atoms with van der Waals surface area (Å²) in [6, 6.07) is 6.22. The molecule has 0 unspecified atom stereocenters. The zero-order chi connectivity index (χ0) is 10.7. The lowest BCUT2D eigenvalue weighted by atomic mass is 10.1. The SMILES string of the molecule is NCCc1oncc1-c1ccc(F)cc1. The van der Waals surface area contributed by atoms with E-state index < -0.39 is 0 Å². The van der Waals surface area contributed by atoms with Crippen LogP contribution in [0.2, 0.25) is 0 Å². The zero-order valence-electron chi connectivity index (χ0n) is 8.11. The number of halogens is 1. The van der Waals surface area contributed by atoms with E-state index in [1.165, 1.54) is 12.1 Å². The molecular weight excluding hydrogens is 195 g/mol. The highest BCUT2D eigenvalue weighted by Crippen LogP contribution is 2.23. The van der Waals surface area contributed by atoms with Crippen LogP contribution >= 0.6 is 0 Å². The number of rotatable bonds is 3. The standard InChI is InChI=1S/C11H11FN2O/c12-9-3-1-8(2-4-9)10-7-14-15-11(10)5-6-13/h1-4,7H,5-6,13H2. The van der Waals surface area contributed by atoms with Gasteiger partial charge >= 0.3 is 0 Å². The molecule has 78 valence electrons. The summed E-state index contributed by atoms with van der Waals surface area (Å²) in [5.74, 6) is 0.486. The minimum absolute atomic E-state index is 0.254. The fourth-order valence-corrected chi connectivity index (χ4v) is 1.44. The van der Waals surface area contributed by atoms with Crippen LogP contribution < -0.4 is 5.73 Å². The molecule has 3 nitrogen and oxygen atoms in total. The maximum absolute atomic E-state index is 12.7. The first-order valence-electron chi connectivity index (χ1n) is 4.71. The highest BCUT2D eigenvalue weighted by molar-refractivity contribution is 5.64. The Hall–Kier alpha value is -1.68. The predicted octanol–water partition coefficient (Wildman–Crippen LogP) is 1.98. The second-order valence-electron chi connectivity index (χ2n) is 3.21. The van der Waals surface area contributed by atoms with Crippen molar-refractivity contribution in [2.75, 3.05) is 6.54 Å². The van der Waals surface area contributed by atoms with Gasteiger partial charge in [0.15, 0.2) is 0 Å². The van der Waals surface area contributed by atoms with E-state index in [1.54, 1.807) is 18.3 Å². The molecule has 0 atom stereocenters. The van der Waals surface area contributed by atoms with E-state index >= 15 is 0 Å². The molecule has 0 saturated carbocycles. The van der Waals surface area contributed by atoms with Gasteiger partial charge in [-0.3, -0.25) is 0 Å². The third kappa shape index (κ3) is 2.05. The lowest BCUT2D eigenvalue weighted by molar-refractivity contribution is 0.385. The monoisotopic (exact) mass is 206 g/mol. The van der Waals surface area contributed by atoms with E-state index in [0.29, 0.717) is 13.0 Å². The Kier molecular flexibility index (Phi) is 2.78. The molecule has 0 bridgehead atoms. The second-order valence-corrected chi connectivity index (χ2v) is 3.21. The van der Waals surface area contributed by atoms with E-state index in [9.17, 15) is 4.39 Å². The van der Waals surface area contributed by atoms with Crippen molar-refractivity contribution >= 4 is 0 Å². The molecule has 1 aromatic heterocycles. The van der Waals surface area contributed by atoms with E-state index in [-0.39, 0.29) is 5.82 Å². The minimum atomic E-state index is -0.254. The van der Waals surface area contributed by atoms with Crippen LogP contribution in [0, 0.1) is 5.82 Å². The molecule has 0 aliphatic heterocycles. The second kappa shape index (κ2) is 4.23. The average Bonchev–Trinajstić information content (AvgIpc) is 2.68. The summed E-state index contributed by atoms with van der Waals surface area (Å²) in [4.78, 5) is 0. The smallest absolute Gasteiger partial charge is 0.145 e. The van der Waals surface area contributed by atoms with E-state index in [1.807, 2.05) is 0 Å². The van der Waals surface area contributed by atoms with Gasteiger partial charge in [-0.15, -0.1) is 0 Å². The fraction of sp³-hybridized carbons (Fsp3) is 0.182. The Morgan fingerprint density at radius 2 is 2.00 bits per heavy atom. The van der Waals surface area contributed by atoms with Crippen LogP contribution in [0.15, 0.2) is 35.0 Å². The molecule has 0 fully saturated rings. The first-order chi connectivity index (χ1) is 7.31. The predicted molar refractivity (Wildman–Crippen MR) is 54.7 cm³/mol. The normalized spacial score (nSPS) is 10.5. The van der Waals surface area contributed by atoms with Crippen LogP contribution in [0.3, 0.4) is 0 Å². The van der Waals surface area contributed by atoms with Crippen LogP contribution in [0.4, 0.5) is 4.39 Å². The Balaban J connectivity index is 2.36. The summed E-state index contributed by atoms with van der Waals surface area (Å²) in [6.07, 6.45) is 2.25. The van der Waals surface area contributed by atoms with Crippen molar-refractivity contribution in [3.63, 3.8) is 0 Å². The van der Waals surface area contributed by atoms with Gasteiger partial charge in [0.05, 0.1) is 6.20 Å². The first kappa shape index (κ1) is 9.86. The molecule has 0 aliphatic carbocycles. The molecule has 1 aromatic carbocycles. The highest BCUT2D eigenvalue weighted by atomic mass is 19.1. The fourth-order valence-electron chi connectivity index (χ4n) is 1.44. The van der Waals surface area contributed by atoms with Crippen molar-refractivity contribution in [3.05, 3.63) is 42.0 Å². The molecule has 2 aromatic rings. The third-order valence-electron chi connectivity index (χ3n) is 2.17. The number of nitrogens with two attached hydrogens (primary N) is 1. The lowest BCUT2D eigenvalue weighted by Gasteiger charge is -1.99. The summed E-state index contributed by atoms with van der Waals surface area (Å²) < 4.78 is 17.8. The molecule has 1 heterocycles. The maximum Gasteiger partial charge on any atom is 0.145 e. The maximum atomic E-state index is 12.7. The van der Waals surface area contributed by atoms with Crippen molar-refractivity contribution in [1.82, 2.24) is 5.16 Å². The molecule has 0 amide bonds. The summed E-state index contributed by atoms with van der Waals surface area (Å²) in [5.41, 5.74) is 7.21. The van der Waals surface area contributed by atoms with Crippen molar-refractivity contribution in [2.45, 2.75) is 6.42 Å². The number of aromatic nitrogens is 1. The van der Waals surface area contributed by atoms with Gasteiger partial charge in [0.2, 0.25) is 0 Å². The molecule has 0 spiro atoms. The van der Waals surface area contributed by atoms with Crippen molar-refractivity contribution in [3.8, 4) is 11.1 Å². The number of benzene rings is 1. The minimum Gasteiger partial charge on any atom is -0.361 e. The zero-order valence-corrected chi connectivity index (χ0v) is 8.11. The van der Waals surface area contributed by atoms with E-state index in [4.69, 9.17) is 10.3 Å². The van der Waals surface area contributed by atoms with Crippen molar-refractivity contribution < 1.29 is 8.91 Å². The average molecular weight is 206 g/mol. The molecule has 2 rings (SSSR count). The van der Waals surface area contributed by atoms with E-state index in [2.05, 4.69) is 5.16 Å². The Labute approximate surface area is 86.7 Å². The van der Waals surface area contributed by atoms with Gasteiger partial charge in [-0.05, 0) is 24.2 Å². The molecule has 2 N–H and O–H groups in total. The molecular formula is C11H11FN2O. The van der Waals surface area contributed by atoms with Crippen LogP contribution in [0.5, 0.6) is 0 Å². The molecule has 15 heavy (non-hydrogen) atoms. The number of nitrogens with zero attached hydrogens (tertiary/aromatic N) is 1.